The van der Waals surface area contributed by atoms with Gasteiger partial charge in [-0.2, -0.15) is 5.10 Å². The Kier molecular flexibility index (Phi) is 4.94. The summed E-state index contributed by atoms with van der Waals surface area (Å²) in [5.74, 6) is 0.384. The fourth-order valence-corrected chi connectivity index (χ4v) is 3.26. The van der Waals surface area contributed by atoms with Gasteiger partial charge in [-0.3, -0.25) is 4.79 Å². The lowest BCUT2D eigenvalue weighted by Gasteiger charge is -2.31. The third kappa shape index (κ3) is 3.33. The first kappa shape index (κ1) is 16.6. The van der Waals surface area contributed by atoms with Gasteiger partial charge in [0, 0.05) is 13.1 Å². The predicted molar refractivity (Wildman–Crippen MR) is 90.8 cm³/mol. The lowest BCUT2D eigenvalue weighted by atomic mass is 9.96. The van der Waals surface area contributed by atoms with Crippen LogP contribution in [0.1, 0.15) is 28.9 Å². The molecule has 2 heterocycles. The molecule has 24 heavy (non-hydrogen) atoms. The maximum absolute atomic E-state index is 13.1. The summed E-state index contributed by atoms with van der Waals surface area (Å²) in [5, 5.41) is 7.52. The number of carbonyl (C=O) groups is 1. The van der Waals surface area contributed by atoms with Gasteiger partial charge in [-0.15, -0.1) is 0 Å². The maximum Gasteiger partial charge on any atom is 0.257 e. The van der Waals surface area contributed by atoms with Crippen LogP contribution in [0.4, 0.5) is 4.39 Å². The lowest BCUT2D eigenvalue weighted by Crippen LogP contribution is -2.40. The standard InChI is InChI=1S/C18H23FN4O/c1-13-17(12-21-23(13)16-5-3-15(19)4-6-16)18(24)22-9-7-14(8-10-22)11-20-2/h3-6,12,14,20H,7-11H2,1-2H3. The number of amides is 1. The highest BCUT2D eigenvalue weighted by Crippen LogP contribution is 2.21. The van der Waals surface area contributed by atoms with Crippen molar-refractivity contribution in [3.63, 3.8) is 0 Å². The number of piperidine rings is 1. The van der Waals surface area contributed by atoms with Crippen LogP contribution < -0.4 is 5.32 Å². The molecule has 1 fully saturated rings. The molecular weight excluding hydrogens is 307 g/mol. The van der Waals surface area contributed by atoms with Gasteiger partial charge < -0.3 is 10.2 Å². The number of hydrogen-bond acceptors (Lipinski definition) is 3. The van der Waals surface area contributed by atoms with Crippen molar-refractivity contribution in [3.05, 3.63) is 47.5 Å². The molecule has 0 spiro atoms. The minimum Gasteiger partial charge on any atom is -0.339 e. The molecule has 0 radical (unpaired) electrons. The van der Waals surface area contributed by atoms with Crippen LogP contribution in [0.3, 0.4) is 0 Å². The van der Waals surface area contributed by atoms with Crippen molar-refractivity contribution in [3.8, 4) is 5.69 Å². The molecule has 1 aromatic carbocycles. The third-order valence-electron chi connectivity index (χ3n) is 4.71. The Balaban J connectivity index is 1.74. The number of aromatic nitrogens is 2. The van der Waals surface area contributed by atoms with E-state index in [4.69, 9.17) is 0 Å². The van der Waals surface area contributed by atoms with E-state index in [1.54, 1.807) is 23.0 Å². The summed E-state index contributed by atoms with van der Waals surface area (Å²) in [6.07, 6.45) is 3.66. The molecule has 1 aliphatic rings. The number of rotatable bonds is 4. The summed E-state index contributed by atoms with van der Waals surface area (Å²) >= 11 is 0. The molecule has 0 bridgehead atoms. The molecule has 128 valence electrons. The smallest absolute Gasteiger partial charge is 0.257 e. The van der Waals surface area contributed by atoms with Gasteiger partial charge in [0.15, 0.2) is 0 Å². The normalized spacial score (nSPS) is 15.7. The van der Waals surface area contributed by atoms with E-state index in [0.717, 1.165) is 43.9 Å². The second-order valence-electron chi connectivity index (χ2n) is 6.33. The quantitative estimate of drug-likeness (QED) is 0.936. The number of nitrogens with one attached hydrogen (secondary N) is 1. The molecule has 6 heteroatoms. The predicted octanol–water partition coefficient (Wildman–Crippen LogP) is 2.39. The first-order chi connectivity index (χ1) is 11.6. The van der Waals surface area contributed by atoms with Crippen LogP contribution in [0.5, 0.6) is 0 Å². The Morgan fingerprint density at radius 1 is 1.29 bits per heavy atom. The minimum atomic E-state index is -0.288. The summed E-state index contributed by atoms with van der Waals surface area (Å²) in [6.45, 7) is 4.44. The Labute approximate surface area is 141 Å². The van der Waals surface area contributed by atoms with E-state index in [1.807, 2.05) is 18.9 Å². The molecule has 1 saturated heterocycles. The molecule has 0 atom stereocenters. The van der Waals surface area contributed by atoms with Crippen molar-refractivity contribution in [2.24, 2.45) is 5.92 Å². The average Bonchev–Trinajstić information content (AvgIpc) is 2.97. The monoisotopic (exact) mass is 330 g/mol. The van der Waals surface area contributed by atoms with E-state index in [1.165, 1.54) is 12.1 Å². The van der Waals surface area contributed by atoms with Crippen LogP contribution in [-0.2, 0) is 0 Å². The number of benzene rings is 1. The van der Waals surface area contributed by atoms with Crippen molar-refractivity contribution < 1.29 is 9.18 Å². The van der Waals surface area contributed by atoms with Crippen LogP contribution in [0.15, 0.2) is 30.5 Å². The summed E-state index contributed by atoms with van der Waals surface area (Å²) in [6, 6.07) is 6.11. The molecule has 1 aliphatic heterocycles. The highest BCUT2D eigenvalue weighted by molar-refractivity contribution is 5.95. The zero-order chi connectivity index (χ0) is 17.1. The summed E-state index contributed by atoms with van der Waals surface area (Å²) in [5.41, 5.74) is 2.15. The largest absolute Gasteiger partial charge is 0.339 e. The lowest BCUT2D eigenvalue weighted by molar-refractivity contribution is 0.0690. The van der Waals surface area contributed by atoms with Crippen LogP contribution in [0, 0.1) is 18.7 Å². The fraction of sp³-hybridized carbons (Fsp3) is 0.444. The molecule has 1 amide bonds. The van der Waals surface area contributed by atoms with Gasteiger partial charge in [0.2, 0.25) is 0 Å². The van der Waals surface area contributed by atoms with Gasteiger partial charge in [-0.25, -0.2) is 9.07 Å². The summed E-state index contributed by atoms with van der Waals surface area (Å²) < 4.78 is 14.8. The molecular formula is C18H23FN4O. The van der Waals surface area contributed by atoms with Crippen molar-refractivity contribution >= 4 is 5.91 Å². The Bertz CT molecular complexity index is 702. The van der Waals surface area contributed by atoms with E-state index >= 15 is 0 Å². The van der Waals surface area contributed by atoms with Gasteiger partial charge in [-0.05, 0) is 63.5 Å². The van der Waals surface area contributed by atoms with Crippen LogP contribution in [-0.4, -0.2) is 47.3 Å². The second kappa shape index (κ2) is 7.13. The van der Waals surface area contributed by atoms with Crippen molar-refractivity contribution in [1.29, 1.82) is 0 Å². The van der Waals surface area contributed by atoms with Crippen molar-refractivity contribution in [2.75, 3.05) is 26.7 Å². The first-order valence-electron chi connectivity index (χ1n) is 8.34. The highest BCUT2D eigenvalue weighted by Gasteiger charge is 2.25. The highest BCUT2D eigenvalue weighted by atomic mass is 19.1. The molecule has 5 nitrogen and oxygen atoms in total. The molecule has 0 saturated carbocycles. The molecule has 3 rings (SSSR count). The molecule has 2 aromatic rings. The van der Waals surface area contributed by atoms with E-state index in [2.05, 4.69) is 10.4 Å². The van der Waals surface area contributed by atoms with Gasteiger partial charge in [0.05, 0.1) is 23.1 Å². The third-order valence-corrected chi connectivity index (χ3v) is 4.71. The Hall–Kier alpha value is -2.21. The zero-order valence-electron chi connectivity index (χ0n) is 14.1. The van der Waals surface area contributed by atoms with Gasteiger partial charge in [-0.1, -0.05) is 0 Å². The zero-order valence-corrected chi connectivity index (χ0v) is 14.1. The number of nitrogens with zero attached hydrogens (tertiary/aromatic N) is 3. The van der Waals surface area contributed by atoms with E-state index in [9.17, 15) is 9.18 Å². The van der Waals surface area contributed by atoms with Crippen LogP contribution in [0.2, 0.25) is 0 Å². The number of carbonyl (C=O) groups excluding carboxylic acids is 1. The summed E-state index contributed by atoms with van der Waals surface area (Å²) in [4.78, 5) is 14.7. The summed E-state index contributed by atoms with van der Waals surface area (Å²) in [7, 11) is 1.96. The number of hydrogen-bond donors (Lipinski definition) is 1. The van der Waals surface area contributed by atoms with E-state index < -0.39 is 0 Å². The minimum absolute atomic E-state index is 0.0313. The molecule has 0 aliphatic carbocycles. The van der Waals surface area contributed by atoms with Crippen molar-refractivity contribution in [1.82, 2.24) is 20.0 Å². The van der Waals surface area contributed by atoms with E-state index in [-0.39, 0.29) is 11.7 Å². The van der Waals surface area contributed by atoms with E-state index in [0.29, 0.717) is 11.5 Å². The van der Waals surface area contributed by atoms with Crippen LogP contribution >= 0.6 is 0 Å². The average molecular weight is 330 g/mol. The van der Waals surface area contributed by atoms with Gasteiger partial charge in [0.1, 0.15) is 5.82 Å². The fourth-order valence-electron chi connectivity index (χ4n) is 3.26. The molecule has 0 unspecified atom stereocenters. The number of likely N-dealkylation sites (tertiary alicyclic amines) is 1. The van der Waals surface area contributed by atoms with Crippen LogP contribution in [0.25, 0.3) is 5.69 Å². The first-order valence-corrected chi connectivity index (χ1v) is 8.34. The van der Waals surface area contributed by atoms with Gasteiger partial charge in [0.25, 0.3) is 5.91 Å². The SMILES string of the molecule is CNCC1CCN(C(=O)c2cnn(-c3ccc(F)cc3)c2C)CC1. The number of halogens is 1. The second-order valence-corrected chi connectivity index (χ2v) is 6.33. The topological polar surface area (TPSA) is 50.2 Å². The van der Waals surface area contributed by atoms with Crippen molar-refractivity contribution in [2.45, 2.75) is 19.8 Å². The Morgan fingerprint density at radius 3 is 2.58 bits per heavy atom. The van der Waals surface area contributed by atoms with Gasteiger partial charge >= 0.3 is 0 Å². The molecule has 1 aromatic heterocycles. The maximum atomic E-state index is 13.1. The Morgan fingerprint density at radius 2 is 1.96 bits per heavy atom. The molecule has 1 N–H and O–H groups in total.